The quantitative estimate of drug-likeness (QED) is 0.633. The zero-order chi connectivity index (χ0) is 25.0. The van der Waals surface area contributed by atoms with Crippen LogP contribution in [-0.2, 0) is 27.0 Å². The average Bonchev–Trinajstić information content (AvgIpc) is 2.80. The van der Waals surface area contributed by atoms with Crippen LogP contribution in [0.15, 0.2) is 18.2 Å². The summed E-state index contributed by atoms with van der Waals surface area (Å²) in [6.07, 6.45) is -0.974. The Morgan fingerprint density at radius 1 is 1.23 bits per heavy atom. The fraction of sp³-hybridized carbons (Fsp3) is 0.680. The molecule has 1 saturated heterocycles. The maximum Gasteiger partial charge on any atom is 0.416 e. The van der Waals surface area contributed by atoms with Gasteiger partial charge in [0.15, 0.2) is 0 Å². The van der Waals surface area contributed by atoms with Crippen molar-refractivity contribution in [1.82, 2.24) is 10.2 Å². The number of nitrogens with one attached hydrogen (secondary N) is 1. The molecule has 2 amide bonds. The van der Waals surface area contributed by atoms with E-state index in [-0.39, 0.29) is 60.7 Å². The average molecular weight is 496 g/mol. The molecular weight excluding hydrogens is 463 g/mol. The Morgan fingerprint density at radius 3 is 2.57 bits per heavy atom. The number of alkyl halides is 3. The number of primary amides is 1. The summed E-state index contributed by atoms with van der Waals surface area (Å²) in [5.41, 5.74) is 4.73. The molecule has 7 nitrogen and oxygen atoms in total. The molecule has 1 aliphatic heterocycles. The molecule has 1 aromatic rings. The van der Waals surface area contributed by atoms with E-state index in [0.29, 0.717) is 12.5 Å². The van der Waals surface area contributed by atoms with E-state index in [1.165, 1.54) is 19.2 Å². The predicted octanol–water partition coefficient (Wildman–Crippen LogP) is 2.71. The van der Waals surface area contributed by atoms with Gasteiger partial charge in [-0.1, -0.05) is 6.07 Å². The van der Waals surface area contributed by atoms with Gasteiger partial charge in [0.05, 0.1) is 19.3 Å². The first-order chi connectivity index (χ1) is 16.6. The van der Waals surface area contributed by atoms with E-state index in [2.05, 4.69) is 5.32 Å². The van der Waals surface area contributed by atoms with E-state index in [9.17, 15) is 22.8 Å². The SMILES string of the molecule is COc1ccc(CN2CCO[C@@H](C(=O)NC3C4CC5CC3CC(C(N)=O)(C5)C4)C2)c(C(F)(F)F)c1. The largest absolute Gasteiger partial charge is 0.497 e. The minimum atomic E-state index is -4.51. The van der Waals surface area contributed by atoms with Crippen LogP contribution in [0, 0.1) is 23.2 Å². The molecule has 4 saturated carbocycles. The zero-order valence-electron chi connectivity index (χ0n) is 19.8. The summed E-state index contributed by atoms with van der Waals surface area (Å²) < 4.78 is 51.5. The molecule has 2 unspecified atom stereocenters. The van der Waals surface area contributed by atoms with E-state index in [1.807, 2.05) is 4.90 Å². The molecule has 10 heteroatoms. The second-order valence-corrected chi connectivity index (χ2v) is 10.8. The van der Waals surface area contributed by atoms with E-state index in [1.54, 1.807) is 0 Å². The van der Waals surface area contributed by atoms with Gasteiger partial charge in [0.1, 0.15) is 11.9 Å². The molecule has 0 spiro atoms. The standard InChI is InChI=1S/C25H32F3N3O4/c1-34-18-3-2-15(19(8-18)25(26,27)28)12-31-4-5-35-20(13-31)22(32)30-21-16-6-14-7-17(21)11-24(9-14,10-16)23(29)33/h2-3,8,14,16-17,20-21H,4-7,9-13H2,1H3,(H2,29,33)(H,30,32)/t14?,16?,17?,20-,21?,24?/m1/s1. The van der Waals surface area contributed by atoms with Crippen molar-refractivity contribution in [2.75, 3.05) is 26.8 Å². The van der Waals surface area contributed by atoms with Crippen LogP contribution >= 0.6 is 0 Å². The smallest absolute Gasteiger partial charge is 0.416 e. The highest BCUT2D eigenvalue weighted by Crippen LogP contribution is 2.59. The summed E-state index contributed by atoms with van der Waals surface area (Å²) in [4.78, 5) is 27.2. The number of nitrogens with zero attached hydrogens (tertiary/aromatic N) is 1. The Morgan fingerprint density at radius 2 is 1.94 bits per heavy atom. The first-order valence-corrected chi connectivity index (χ1v) is 12.3. The molecule has 6 rings (SSSR count). The van der Waals surface area contributed by atoms with Crippen molar-refractivity contribution in [2.45, 2.75) is 57.0 Å². The van der Waals surface area contributed by atoms with Crippen molar-refractivity contribution < 1.29 is 32.2 Å². The Hall–Kier alpha value is -2.33. The van der Waals surface area contributed by atoms with Crippen LogP contribution in [-0.4, -0.2) is 55.7 Å². The summed E-state index contributed by atoms with van der Waals surface area (Å²) in [5, 5.41) is 3.18. The third kappa shape index (κ3) is 4.62. The lowest BCUT2D eigenvalue weighted by Gasteiger charge is -2.59. The number of morpholine rings is 1. The predicted molar refractivity (Wildman–Crippen MR) is 120 cm³/mol. The Kier molecular flexibility index (Phi) is 6.24. The highest BCUT2D eigenvalue weighted by molar-refractivity contribution is 5.83. The van der Waals surface area contributed by atoms with Crippen LogP contribution in [0.4, 0.5) is 13.2 Å². The van der Waals surface area contributed by atoms with Crippen molar-refractivity contribution in [3.05, 3.63) is 29.3 Å². The van der Waals surface area contributed by atoms with Gasteiger partial charge in [-0.05, 0) is 67.6 Å². The van der Waals surface area contributed by atoms with E-state index < -0.39 is 23.3 Å². The maximum absolute atomic E-state index is 13.6. The number of methoxy groups -OCH3 is 1. The number of halogens is 3. The fourth-order valence-electron chi connectivity index (χ4n) is 7.15. The molecule has 3 N–H and O–H groups in total. The van der Waals surface area contributed by atoms with Gasteiger partial charge < -0.3 is 20.5 Å². The van der Waals surface area contributed by atoms with Crippen molar-refractivity contribution in [1.29, 1.82) is 0 Å². The molecule has 5 aliphatic rings. The number of hydrogen-bond acceptors (Lipinski definition) is 5. The fourth-order valence-corrected chi connectivity index (χ4v) is 7.15. The second kappa shape index (κ2) is 8.96. The Bertz CT molecular complexity index is 985. The lowest BCUT2D eigenvalue weighted by atomic mass is 9.47. The number of hydrogen-bond donors (Lipinski definition) is 2. The monoisotopic (exact) mass is 495 g/mol. The molecule has 4 bridgehead atoms. The van der Waals surface area contributed by atoms with Gasteiger partial charge in [-0.3, -0.25) is 14.5 Å². The molecule has 4 aliphatic carbocycles. The molecule has 192 valence electrons. The highest BCUT2D eigenvalue weighted by atomic mass is 19.4. The summed E-state index contributed by atoms with van der Waals surface area (Å²) in [7, 11) is 1.33. The number of rotatable bonds is 6. The summed E-state index contributed by atoms with van der Waals surface area (Å²) >= 11 is 0. The van der Waals surface area contributed by atoms with E-state index in [4.69, 9.17) is 15.2 Å². The number of ether oxygens (including phenoxy) is 2. The van der Waals surface area contributed by atoms with Gasteiger partial charge in [-0.15, -0.1) is 0 Å². The summed E-state index contributed by atoms with van der Waals surface area (Å²) in [5.74, 6) is 0.642. The Labute approximate surface area is 202 Å². The maximum atomic E-state index is 13.6. The molecule has 0 aromatic heterocycles. The number of carbonyl (C=O) groups is 2. The zero-order valence-corrected chi connectivity index (χ0v) is 19.8. The summed E-state index contributed by atoms with van der Waals surface area (Å²) in [6, 6.07) is 3.94. The topological polar surface area (TPSA) is 93.9 Å². The molecule has 5 fully saturated rings. The van der Waals surface area contributed by atoms with E-state index in [0.717, 1.165) is 38.2 Å². The van der Waals surface area contributed by atoms with Crippen molar-refractivity contribution in [3.63, 3.8) is 0 Å². The minimum absolute atomic E-state index is 0.0103. The number of nitrogens with two attached hydrogens (primary N) is 1. The van der Waals surface area contributed by atoms with Crippen LogP contribution in [0.3, 0.4) is 0 Å². The van der Waals surface area contributed by atoms with Crippen molar-refractivity contribution in [3.8, 4) is 5.75 Å². The summed E-state index contributed by atoms with van der Waals surface area (Å²) in [6.45, 7) is 0.971. The molecule has 1 heterocycles. The lowest BCUT2D eigenvalue weighted by molar-refractivity contribution is -0.151. The minimum Gasteiger partial charge on any atom is -0.497 e. The van der Waals surface area contributed by atoms with Crippen LogP contribution in [0.2, 0.25) is 0 Å². The third-order valence-electron chi connectivity index (χ3n) is 8.56. The van der Waals surface area contributed by atoms with Crippen LogP contribution in [0.5, 0.6) is 5.75 Å². The first kappa shape index (κ1) is 24.4. The van der Waals surface area contributed by atoms with Crippen molar-refractivity contribution >= 4 is 11.8 Å². The Balaban J connectivity index is 1.24. The normalized spacial score (nSPS) is 34.6. The highest BCUT2D eigenvalue weighted by Gasteiger charge is 2.58. The third-order valence-corrected chi connectivity index (χ3v) is 8.56. The van der Waals surface area contributed by atoms with Gasteiger partial charge >= 0.3 is 6.18 Å². The van der Waals surface area contributed by atoms with Crippen molar-refractivity contribution in [2.24, 2.45) is 28.9 Å². The number of amides is 2. The van der Waals surface area contributed by atoms with Crippen LogP contribution in [0.25, 0.3) is 0 Å². The van der Waals surface area contributed by atoms with Crippen LogP contribution in [0.1, 0.15) is 43.2 Å². The first-order valence-electron chi connectivity index (χ1n) is 12.3. The number of carbonyl (C=O) groups excluding carboxylic acids is 2. The van der Waals surface area contributed by atoms with Gasteiger partial charge in [0, 0.05) is 31.1 Å². The van der Waals surface area contributed by atoms with Gasteiger partial charge in [-0.2, -0.15) is 13.2 Å². The molecular formula is C25H32F3N3O4. The molecule has 1 aromatic carbocycles. The molecule has 3 atom stereocenters. The molecule has 35 heavy (non-hydrogen) atoms. The molecule has 0 radical (unpaired) electrons. The lowest BCUT2D eigenvalue weighted by Crippen LogP contribution is -2.63. The van der Waals surface area contributed by atoms with Gasteiger partial charge in [0.25, 0.3) is 5.91 Å². The number of benzene rings is 1. The van der Waals surface area contributed by atoms with E-state index >= 15 is 0 Å². The van der Waals surface area contributed by atoms with Crippen LogP contribution < -0.4 is 15.8 Å². The van der Waals surface area contributed by atoms with Gasteiger partial charge in [-0.25, -0.2) is 0 Å². The van der Waals surface area contributed by atoms with Gasteiger partial charge in [0.2, 0.25) is 5.91 Å². The second-order valence-electron chi connectivity index (χ2n) is 10.8.